The zero-order valence-corrected chi connectivity index (χ0v) is 13.3. The van der Waals surface area contributed by atoms with Gasteiger partial charge in [0.2, 0.25) is 0 Å². The summed E-state index contributed by atoms with van der Waals surface area (Å²) in [6.07, 6.45) is 3.83. The van der Waals surface area contributed by atoms with E-state index in [4.69, 9.17) is 0 Å². The van der Waals surface area contributed by atoms with Crippen molar-refractivity contribution in [3.63, 3.8) is 0 Å². The highest BCUT2D eigenvalue weighted by atomic mass is 16.4. The Bertz CT molecular complexity index is 646. The molecule has 0 atom stereocenters. The zero-order chi connectivity index (χ0) is 15.6. The van der Waals surface area contributed by atoms with Crippen molar-refractivity contribution in [1.29, 1.82) is 0 Å². The summed E-state index contributed by atoms with van der Waals surface area (Å²) in [4.78, 5) is 16.1. The Labute approximate surface area is 125 Å². The number of aromatic carboxylic acids is 1. The number of carbonyl (C=O) groups is 1. The Balaban J connectivity index is 2.85. The number of benzene rings is 1. The van der Waals surface area contributed by atoms with Crippen LogP contribution in [0, 0.1) is 0 Å². The molecular weight excluding hydrogens is 264 g/mol. The van der Waals surface area contributed by atoms with Crippen LogP contribution >= 0.6 is 0 Å². The number of fused-ring (bicyclic) bond motifs is 1. The third-order valence-electron chi connectivity index (χ3n) is 4.75. The highest BCUT2D eigenvalue weighted by Crippen LogP contribution is 2.35. The van der Waals surface area contributed by atoms with Crippen molar-refractivity contribution in [2.75, 3.05) is 0 Å². The Kier molecular flexibility index (Phi) is 4.35. The van der Waals surface area contributed by atoms with Crippen molar-refractivity contribution in [3.8, 4) is 0 Å². The standard InChI is InChI=1S/C17H24N2O2/c1-5-14-18-15-12(16(20)21)10-9-11-13(15)19(14)17(6-2,7-3)8-4/h9-11H,5-8H2,1-4H3,(H,20,21). The normalized spacial score (nSPS) is 12.0. The van der Waals surface area contributed by atoms with E-state index in [1.807, 2.05) is 12.1 Å². The summed E-state index contributed by atoms with van der Waals surface area (Å²) in [5.74, 6) is 0.0623. The highest BCUT2D eigenvalue weighted by Gasteiger charge is 2.31. The average molecular weight is 288 g/mol. The molecule has 4 nitrogen and oxygen atoms in total. The number of aromatic nitrogens is 2. The molecule has 1 heterocycles. The van der Waals surface area contributed by atoms with E-state index in [1.165, 1.54) is 0 Å². The summed E-state index contributed by atoms with van der Waals surface area (Å²) >= 11 is 0. The van der Waals surface area contributed by atoms with Gasteiger partial charge in [0.05, 0.1) is 11.1 Å². The van der Waals surface area contributed by atoms with Gasteiger partial charge in [-0.05, 0) is 31.4 Å². The van der Waals surface area contributed by atoms with Crippen molar-refractivity contribution in [2.24, 2.45) is 0 Å². The van der Waals surface area contributed by atoms with Gasteiger partial charge in [-0.15, -0.1) is 0 Å². The molecule has 114 valence electrons. The Morgan fingerprint density at radius 3 is 2.29 bits per heavy atom. The largest absolute Gasteiger partial charge is 0.478 e. The van der Waals surface area contributed by atoms with Crippen LogP contribution < -0.4 is 0 Å². The van der Waals surface area contributed by atoms with Gasteiger partial charge in [0.25, 0.3) is 0 Å². The molecule has 0 aliphatic heterocycles. The Hall–Kier alpha value is -1.84. The van der Waals surface area contributed by atoms with Crippen molar-refractivity contribution >= 4 is 17.0 Å². The number of rotatable bonds is 6. The summed E-state index contributed by atoms with van der Waals surface area (Å²) < 4.78 is 2.29. The van der Waals surface area contributed by atoms with Gasteiger partial charge in [-0.2, -0.15) is 0 Å². The van der Waals surface area contributed by atoms with Crippen LogP contribution in [0.1, 0.15) is 63.1 Å². The fourth-order valence-electron chi connectivity index (χ4n) is 3.31. The molecule has 1 aromatic heterocycles. The average Bonchev–Trinajstić information content (AvgIpc) is 2.89. The summed E-state index contributed by atoms with van der Waals surface area (Å²) in [6, 6.07) is 5.44. The van der Waals surface area contributed by atoms with Gasteiger partial charge in [0.1, 0.15) is 11.3 Å². The molecule has 2 aromatic rings. The first kappa shape index (κ1) is 15.5. The number of aryl methyl sites for hydroxylation is 1. The molecule has 4 heteroatoms. The molecule has 21 heavy (non-hydrogen) atoms. The summed E-state index contributed by atoms with van der Waals surface area (Å²) in [7, 11) is 0. The molecule has 0 aliphatic rings. The lowest BCUT2D eigenvalue weighted by molar-refractivity contribution is 0.0699. The molecule has 0 amide bonds. The molecule has 2 rings (SSSR count). The van der Waals surface area contributed by atoms with E-state index in [9.17, 15) is 9.90 Å². The molecule has 0 radical (unpaired) electrons. The smallest absolute Gasteiger partial charge is 0.337 e. The van der Waals surface area contributed by atoms with Crippen LogP contribution in [0.25, 0.3) is 11.0 Å². The quantitative estimate of drug-likeness (QED) is 0.865. The van der Waals surface area contributed by atoms with Gasteiger partial charge in [0.15, 0.2) is 0 Å². The van der Waals surface area contributed by atoms with Crippen LogP contribution in [0.2, 0.25) is 0 Å². The number of imidazole rings is 1. The SMILES string of the molecule is CCc1nc2c(C(=O)O)cccc2n1C(CC)(CC)CC. The van der Waals surface area contributed by atoms with Gasteiger partial charge in [0, 0.05) is 12.0 Å². The fraction of sp³-hybridized carbons (Fsp3) is 0.529. The third kappa shape index (κ3) is 2.33. The lowest BCUT2D eigenvalue weighted by atomic mass is 9.89. The molecule has 0 fully saturated rings. The molecule has 1 N–H and O–H groups in total. The van der Waals surface area contributed by atoms with E-state index in [1.54, 1.807) is 6.07 Å². The second-order valence-corrected chi connectivity index (χ2v) is 5.48. The first-order valence-electron chi connectivity index (χ1n) is 7.78. The Morgan fingerprint density at radius 2 is 1.81 bits per heavy atom. The van der Waals surface area contributed by atoms with Crippen LogP contribution in [0.5, 0.6) is 0 Å². The van der Waals surface area contributed by atoms with Crippen molar-refractivity contribution in [2.45, 2.75) is 58.9 Å². The number of hydrogen-bond acceptors (Lipinski definition) is 2. The molecule has 0 aliphatic carbocycles. The van der Waals surface area contributed by atoms with Gasteiger partial charge in [-0.1, -0.05) is 33.8 Å². The summed E-state index contributed by atoms with van der Waals surface area (Å²) in [6.45, 7) is 8.65. The number of nitrogens with zero attached hydrogens (tertiary/aromatic N) is 2. The van der Waals surface area contributed by atoms with Crippen molar-refractivity contribution < 1.29 is 9.90 Å². The first-order valence-corrected chi connectivity index (χ1v) is 7.78. The molecule has 0 saturated carbocycles. The van der Waals surface area contributed by atoms with Gasteiger partial charge in [-0.3, -0.25) is 0 Å². The first-order chi connectivity index (χ1) is 10.0. The second-order valence-electron chi connectivity index (χ2n) is 5.48. The summed E-state index contributed by atoms with van der Waals surface area (Å²) in [5, 5.41) is 9.38. The maximum absolute atomic E-state index is 11.4. The van der Waals surface area contributed by atoms with E-state index in [-0.39, 0.29) is 11.1 Å². The number of carboxylic acids is 1. The van der Waals surface area contributed by atoms with Gasteiger partial charge < -0.3 is 9.67 Å². The van der Waals surface area contributed by atoms with E-state index in [2.05, 4.69) is 37.2 Å². The third-order valence-corrected chi connectivity index (χ3v) is 4.75. The fourth-order valence-corrected chi connectivity index (χ4v) is 3.31. The molecule has 1 aromatic carbocycles. The Morgan fingerprint density at radius 1 is 1.19 bits per heavy atom. The van der Waals surface area contributed by atoms with Crippen LogP contribution in [-0.2, 0) is 12.0 Å². The molecule has 0 bridgehead atoms. The topological polar surface area (TPSA) is 55.1 Å². The van der Waals surface area contributed by atoms with E-state index in [0.717, 1.165) is 37.0 Å². The number of carboxylic acid groups (broad SMARTS) is 1. The summed E-state index contributed by atoms with van der Waals surface area (Å²) in [5.41, 5.74) is 1.86. The van der Waals surface area contributed by atoms with Gasteiger partial charge >= 0.3 is 5.97 Å². The minimum Gasteiger partial charge on any atom is -0.478 e. The van der Waals surface area contributed by atoms with E-state index >= 15 is 0 Å². The minimum absolute atomic E-state index is 0.0111. The van der Waals surface area contributed by atoms with Crippen molar-refractivity contribution in [3.05, 3.63) is 29.6 Å². The predicted octanol–water partition coefficient (Wildman–Crippen LogP) is 4.22. The van der Waals surface area contributed by atoms with Gasteiger partial charge in [-0.25, -0.2) is 9.78 Å². The van der Waals surface area contributed by atoms with Crippen LogP contribution in [-0.4, -0.2) is 20.6 Å². The molecule has 0 unspecified atom stereocenters. The highest BCUT2D eigenvalue weighted by molar-refractivity contribution is 6.01. The molecule has 0 saturated heterocycles. The van der Waals surface area contributed by atoms with Crippen LogP contribution in [0.15, 0.2) is 18.2 Å². The monoisotopic (exact) mass is 288 g/mol. The van der Waals surface area contributed by atoms with Crippen LogP contribution in [0.3, 0.4) is 0 Å². The maximum atomic E-state index is 11.4. The molecular formula is C17H24N2O2. The van der Waals surface area contributed by atoms with Crippen LogP contribution in [0.4, 0.5) is 0 Å². The zero-order valence-electron chi connectivity index (χ0n) is 13.3. The predicted molar refractivity (Wildman–Crippen MR) is 84.9 cm³/mol. The lowest BCUT2D eigenvalue weighted by Gasteiger charge is -2.34. The van der Waals surface area contributed by atoms with E-state index < -0.39 is 5.97 Å². The second kappa shape index (κ2) is 5.88. The number of para-hydroxylation sites is 1. The van der Waals surface area contributed by atoms with E-state index in [0.29, 0.717) is 5.52 Å². The minimum atomic E-state index is -0.914. The lowest BCUT2D eigenvalue weighted by Crippen LogP contribution is -2.33. The molecule has 0 spiro atoms. The maximum Gasteiger partial charge on any atom is 0.337 e. The number of hydrogen-bond donors (Lipinski definition) is 1. The van der Waals surface area contributed by atoms with Crippen molar-refractivity contribution in [1.82, 2.24) is 9.55 Å².